The highest BCUT2D eigenvalue weighted by Crippen LogP contribution is 2.67. The Morgan fingerprint density at radius 3 is 2.62 bits per heavy atom. The monoisotopic (exact) mass is 240 g/mol. The van der Waals surface area contributed by atoms with Crippen molar-refractivity contribution >= 4 is 7.82 Å². The van der Waals surface area contributed by atoms with E-state index in [0.717, 1.165) is 18.4 Å². The highest BCUT2D eigenvalue weighted by Gasteiger charge is 2.57. The van der Waals surface area contributed by atoms with Crippen LogP contribution in [0.4, 0.5) is 0 Å². The van der Waals surface area contributed by atoms with Gasteiger partial charge in [0.15, 0.2) is 0 Å². The van der Waals surface area contributed by atoms with Gasteiger partial charge in [-0.1, -0.05) is 30.3 Å². The van der Waals surface area contributed by atoms with Crippen LogP contribution in [0.3, 0.4) is 0 Å². The average Bonchev–Trinajstić information content (AvgIpc) is 3.05. The molecule has 1 spiro atoms. The molecule has 4 nitrogen and oxygen atoms in total. The number of hydrogen-bond acceptors (Lipinski definition) is 3. The molecule has 0 bridgehead atoms. The Kier molecular flexibility index (Phi) is 2.23. The predicted molar refractivity (Wildman–Crippen MR) is 57.7 cm³/mol. The molecule has 2 unspecified atom stereocenters. The van der Waals surface area contributed by atoms with Gasteiger partial charge in [0.05, 0.1) is 6.61 Å². The first-order valence-corrected chi connectivity index (χ1v) is 6.82. The van der Waals surface area contributed by atoms with Crippen LogP contribution in [0.1, 0.15) is 24.5 Å². The van der Waals surface area contributed by atoms with Crippen molar-refractivity contribution in [3.63, 3.8) is 0 Å². The van der Waals surface area contributed by atoms with E-state index in [2.05, 4.69) is 0 Å². The third kappa shape index (κ3) is 1.72. The third-order valence-corrected chi connectivity index (χ3v) is 4.24. The molecule has 1 N–H and O–H groups in total. The molecule has 1 heterocycles. The molecule has 1 aliphatic carbocycles. The Morgan fingerprint density at radius 2 is 2.00 bits per heavy atom. The van der Waals surface area contributed by atoms with Gasteiger partial charge in [0.2, 0.25) is 0 Å². The second kappa shape index (κ2) is 3.41. The van der Waals surface area contributed by atoms with Gasteiger partial charge in [0.25, 0.3) is 0 Å². The SMILES string of the molecule is O=P1(O)OCC2(CC2)C(c2ccccc2)O1. The molecule has 1 saturated carbocycles. The van der Waals surface area contributed by atoms with Gasteiger partial charge >= 0.3 is 7.82 Å². The largest absolute Gasteiger partial charge is 0.472 e. The van der Waals surface area contributed by atoms with Gasteiger partial charge in [0.1, 0.15) is 6.10 Å². The highest BCUT2D eigenvalue weighted by molar-refractivity contribution is 7.47. The van der Waals surface area contributed by atoms with Crippen LogP contribution in [-0.2, 0) is 13.6 Å². The van der Waals surface area contributed by atoms with Crippen LogP contribution in [0, 0.1) is 5.41 Å². The highest BCUT2D eigenvalue weighted by atomic mass is 31.2. The number of benzene rings is 1. The molecule has 0 aromatic heterocycles. The molecule has 0 radical (unpaired) electrons. The number of phosphoric ester groups is 1. The summed E-state index contributed by atoms with van der Waals surface area (Å²) in [7, 11) is -3.85. The molecular formula is C11H13O4P. The minimum atomic E-state index is -3.85. The smallest absolute Gasteiger partial charge is 0.302 e. The van der Waals surface area contributed by atoms with Crippen LogP contribution in [0.5, 0.6) is 0 Å². The van der Waals surface area contributed by atoms with Crippen LogP contribution in [0.25, 0.3) is 0 Å². The Labute approximate surface area is 93.8 Å². The van der Waals surface area contributed by atoms with Crippen LogP contribution < -0.4 is 0 Å². The molecule has 86 valence electrons. The third-order valence-electron chi connectivity index (χ3n) is 3.30. The summed E-state index contributed by atoms with van der Waals surface area (Å²) >= 11 is 0. The predicted octanol–water partition coefficient (Wildman–Crippen LogP) is 2.66. The van der Waals surface area contributed by atoms with Crippen molar-refractivity contribution < 1.29 is 18.5 Å². The van der Waals surface area contributed by atoms with Crippen molar-refractivity contribution in [2.75, 3.05) is 6.61 Å². The summed E-state index contributed by atoms with van der Waals surface area (Å²) in [5.41, 5.74) is 0.885. The van der Waals surface area contributed by atoms with Crippen molar-refractivity contribution in [3.8, 4) is 0 Å². The van der Waals surface area contributed by atoms with E-state index in [0.29, 0.717) is 6.61 Å². The number of hydrogen-bond donors (Lipinski definition) is 1. The summed E-state index contributed by atoms with van der Waals surface area (Å²) in [6.07, 6.45) is 1.68. The lowest BCUT2D eigenvalue weighted by Crippen LogP contribution is -2.26. The zero-order valence-corrected chi connectivity index (χ0v) is 9.60. The van der Waals surface area contributed by atoms with Crippen LogP contribution in [0.2, 0.25) is 0 Å². The first kappa shape index (κ1) is 10.5. The van der Waals surface area contributed by atoms with E-state index >= 15 is 0 Å². The Morgan fingerprint density at radius 1 is 1.31 bits per heavy atom. The normalized spacial score (nSPS) is 36.2. The first-order valence-electron chi connectivity index (χ1n) is 5.32. The van der Waals surface area contributed by atoms with Crippen molar-refractivity contribution in [3.05, 3.63) is 35.9 Å². The molecule has 1 aromatic carbocycles. The molecular weight excluding hydrogens is 227 g/mol. The van der Waals surface area contributed by atoms with Crippen molar-refractivity contribution in [1.29, 1.82) is 0 Å². The molecule has 1 saturated heterocycles. The van der Waals surface area contributed by atoms with Crippen LogP contribution in [0.15, 0.2) is 30.3 Å². The lowest BCUT2D eigenvalue weighted by molar-refractivity contribution is -0.0145. The van der Waals surface area contributed by atoms with E-state index in [1.807, 2.05) is 30.3 Å². The topological polar surface area (TPSA) is 55.8 Å². The van der Waals surface area contributed by atoms with E-state index in [-0.39, 0.29) is 11.5 Å². The maximum Gasteiger partial charge on any atom is 0.472 e. The molecule has 2 aliphatic rings. The van der Waals surface area contributed by atoms with Crippen molar-refractivity contribution in [2.45, 2.75) is 18.9 Å². The summed E-state index contributed by atoms with van der Waals surface area (Å²) in [6, 6.07) is 9.59. The Bertz CT molecular complexity index is 441. The standard InChI is InChI=1S/C11H13O4P/c12-16(13)14-8-11(6-7-11)10(15-16)9-4-2-1-3-5-9/h1-5,10H,6-8H2,(H,12,13). The molecule has 5 heteroatoms. The van der Waals surface area contributed by atoms with E-state index in [1.165, 1.54) is 0 Å². The molecule has 2 atom stereocenters. The fraction of sp³-hybridized carbons (Fsp3) is 0.455. The average molecular weight is 240 g/mol. The quantitative estimate of drug-likeness (QED) is 0.766. The van der Waals surface area contributed by atoms with E-state index in [9.17, 15) is 9.46 Å². The summed E-state index contributed by atoms with van der Waals surface area (Å²) < 4.78 is 21.6. The maximum atomic E-state index is 11.4. The van der Waals surface area contributed by atoms with Gasteiger partial charge in [-0.25, -0.2) is 4.57 Å². The molecule has 16 heavy (non-hydrogen) atoms. The van der Waals surface area contributed by atoms with E-state index in [1.54, 1.807) is 0 Å². The van der Waals surface area contributed by atoms with Crippen molar-refractivity contribution in [1.82, 2.24) is 0 Å². The fourth-order valence-corrected chi connectivity index (χ4v) is 3.26. The second-order valence-electron chi connectivity index (χ2n) is 4.50. The number of phosphoric acid groups is 1. The van der Waals surface area contributed by atoms with E-state index in [4.69, 9.17) is 9.05 Å². The zero-order chi connectivity index (χ0) is 11.2. The van der Waals surface area contributed by atoms with Gasteiger partial charge in [-0.3, -0.25) is 9.05 Å². The van der Waals surface area contributed by atoms with E-state index < -0.39 is 7.82 Å². The van der Waals surface area contributed by atoms with Gasteiger partial charge in [0, 0.05) is 5.41 Å². The summed E-state index contributed by atoms with van der Waals surface area (Å²) in [5.74, 6) is 0. The summed E-state index contributed by atoms with van der Waals surface area (Å²) in [5, 5.41) is 0. The lowest BCUT2D eigenvalue weighted by Gasteiger charge is -2.33. The van der Waals surface area contributed by atoms with Crippen LogP contribution in [-0.4, -0.2) is 11.5 Å². The maximum absolute atomic E-state index is 11.4. The van der Waals surface area contributed by atoms with Gasteiger partial charge in [-0.2, -0.15) is 0 Å². The minimum absolute atomic E-state index is 0.0714. The summed E-state index contributed by atoms with van der Waals surface area (Å²) in [4.78, 5) is 9.38. The number of rotatable bonds is 1. The van der Waals surface area contributed by atoms with Crippen molar-refractivity contribution in [2.24, 2.45) is 5.41 Å². The molecule has 1 aromatic rings. The second-order valence-corrected chi connectivity index (χ2v) is 5.91. The lowest BCUT2D eigenvalue weighted by atomic mass is 9.94. The molecule has 1 aliphatic heterocycles. The van der Waals surface area contributed by atoms with Crippen LogP contribution >= 0.6 is 7.82 Å². The minimum Gasteiger partial charge on any atom is -0.302 e. The zero-order valence-electron chi connectivity index (χ0n) is 8.70. The van der Waals surface area contributed by atoms with Gasteiger partial charge in [-0.15, -0.1) is 0 Å². The first-order chi connectivity index (χ1) is 7.61. The molecule has 2 fully saturated rings. The fourth-order valence-electron chi connectivity index (χ4n) is 2.17. The Balaban J connectivity index is 1.95. The molecule has 0 amide bonds. The van der Waals surface area contributed by atoms with Gasteiger partial charge < -0.3 is 4.89 Å². The molecule has 3 rings (SSSR count). The van der Waals surface area contributed by atoms with Gasteiger partial charge in [-0.05, 0) is 18.4 Å². The Hall–Kier alpha value is -0.670. The summed E-state index contributed by atoms with van der Waals surface area (Å²) in [6.45, 7) is 0.320.